The van der Waals surface area contributed by atoms with Gasteiger partial charge in [-0.2, -0.15) is 0 Å². The number of H-pyrrole nitrogens is 1. The normalized spacial score (nSPS) is 32.4. The smallest absolute Gasteiger partial charge is 0.314 e. The molecule has 1 saturated heterocycles. The number of hydrogen-bond acceptors (Lipinski definition) is 6. The van der Waals surface area contributed by atoms with Gasteiger partial charge in [0, 0.05) is 37.0 Å². The van der Waals surface area contributed by atoms with E-state index in [-0.39, 0.29) is 12.1 Å². The minimum absolute atomic E-state index is 0.0529. The number of nitrogens with one attached hydrogen (secondary N) is 3. The summed E-state index contributed by atoms with van der Waals surface area (Å²) in [5, 5.41) is 21.8. The first-order chi connectivity index (χ1) is 17.0. The number of hydrogen-bond donors (Lipinski definition) is 4. The van der Waals surface area contributed by atoms with Crippen molar-refractivity contribution in [3.05, 3.63) is 18.5 Å². The predicted octanol–water partition coefficient (Wildman–Crippen LogP) is 2.26. The van der Waals surface area contributed by atoms with Gasteiger partial charge >= 0.3 is 11.8 Å². The van der Waals surface area contributed by atoms with Crippen LogP contribution in [0, 0.1) is 17.8 Å². The summed E-state index contributed by atoms with van der Waals surface area (Å²) in [7, 11) is 0. The number of nitrogens with zero attached hydrogens (tertiary/aromatic N) is 3. The van der Waals surface area contributed by atoms with Crippen LogP contribution < -0.4 is 10.6 Å². The van der Waals surface area contributed by atoms with Gasteiger partial charge in [0.25, 0.3) is 0 Å². The Morgan fingerprint density at radius 1 is 1.09 bits per heavy atom. The zero-order valence-electron chi connectivity index (χ0n) is 19.5. The third-order valence-corrected chi connectivity index (χ3v) is 8.74. The van der Waals surface area contributed by atoms with Crippen molar-refractivity contribution in [2.45, 2.75) is 62.6 Å². The average molecular weight is 479 g/mol. The van der Waals surface area contributed by atoms with Gasteiger partial charge in [0.1, 0.15) is 5.82 Å². The topological polar surface area (TPSA) is 134 Å². The number of aromatic nitrogens is 4. The number of carbonyl (C=O) groups is 2. The van der Waals surface area contributed by atoms with Crippen LogP contribution >= 0.6 is 0 Å². The van der Waals surface area contributed by atoms with Crippen molar-refractivity contribution in [2.75, 3.05) is 18.5 Å². The van der Waals surface area contributed by atoms with Crippen LogP contribution in [-0.4, -0.2) is 61.5 Å². The molecule has 35 heavy (non-hydrogen) atoms. The summed E-state index contributed by atoms with van der Waals surface area (Å²) in [5.74, 6) is 0.439. The van der Waals surface area contributed by atoms with Gasteiger partial charge in [-0.15, -0.1) is 0 Å². The summed E-state index contributed by atoms with van der Waals surface area (Å²) in [5.41, 5.74) is 1.06. The van der Waals surface area contributed by atoms with Gasteiger partial charge < -0.3 is 20.5 Å². The van der Waals surface area contributed by atoms with E-state index in [0.29, 0.717) is 55.3 Å². The van der Waals surface area contributed by atoms with Crippen LogP contribution in [0.25, 0.3) is 21.9 Å². The predicted molar refractivity (Wildman–Crippen MR) is 128 cm³/mol. The van der Waals surface area contributed by atoms with E-state index in [4.69, 9.17) is 4.74 Å². The van der Waals surface area contributed by atoms with Crippen LogP contribution in [0.4, 0.5) is 5.82 Å². The molecule has 4 bridgehead atoms. The van der Waals surface area contributed by atoms with Crippen molar-refractivity contribution in [3.8, 4) is 0 Å². The highest BCUT2D eigenvalue weighted by Gasteiger charge is 2.55. The van der Waals surface area contributed by atoms with E-state index in [1.54, 1.807) is 12.4 Å². The van der Waals surface area contributed by atoms with E-state index in [1.165, 1.54) is 0 Å². The molecule has 5 atom stereocenters. The molecule has 4 aliphatic carbocycles. The van der Waals surface area contributed by atoms with E-state index in [1.807, 2.05) is 6.07 Å². The number of pyridine rings is 1. The van der Waals surface area contributed by atoms with Crippen LogP contribution in [0.3, 0.4) is 0 Å². The van der Waals surface area contributed by atoms with E-state index in [9.17, 15) is 14.7 Å². The van der Waals surface area contributed by atoms with Crippen LogP contribution in [0.1, 0.15) is 51.0 Å². The molecule has 3 unspecified atom stereocenters. The van der Waals surface area contributed by atoms with Gasteiger partial charge in [-0.05, 0) is 68.8 Å². The van der Waals surface area contributed by atoms with Crippen molar-refractivity contribution >= 4 is 39.6 Å². The Kier molecular flexibility index (Phi) is 4.73. The quantitative estimate of drug-likeness (QED) is 0.427. The molecule has 4 N–H and O–H groups in total. The first-order valence-corrected chi connectivity index (χ1v) is 12.7. The van der Waals surface area contributed by atoms with E-state index < -0.39 is 17.4 Å². The molecule has 3 aromatic rings. The molecule has 5 fully saturated rings. The Hall–Kier alpha value is -2.98. The number of rotatable bonds is 3. The molecule has 4 saturated carbocycles. The lowest BCUT2D eigenvalue weighted by atomic mass is 9.52. The highest BCUT2D eigenvalue weighted by Crippen LogP contribution is 2.60. The van der Waals surface area contributed by atoms with Gasteiger partial charge in [-0.1, -0.05) is 0 Å². The van der Waals surface area contributed by atoms with Crippen molar-refractivity contribution in [1.29, 1.82) is 0 Å². The molecular weight excluding hydrogens is 448 g/mol. The van der Waals surface area contributed by atoms with Crippen LogP contribution in [0.5, 0.6) is 0 Å². The molecule has 0 spiro atoms. The number of amides is 2. The molecule has 10 nitrogen and oxygen atoms in total. The molecule has 4 heterocycles. The number of aliphatic hydroxyl groups is 1. The lowest BCUT2D eigenvalue weighted by Crippen LogP contribution is -2.55. The van der Waals surface area contributed by atoms with E-state index in [0.717, 1.165) is 48.4 Å². The largest absolute Gasteiger partial charge is 0.390 e. The monoisotopic (exact) mass is 478 g/mol. The molecule has 1 aliphatic heterocycles. The minimum atomic E-state index is -0.702. The Balaban J connectivity index is 1.24. The number of aromatic amines is 1. The van der Waals surface area contributed by atoms with Gasteiger partial charge in [-0.3, -0.25) is 19.4 Å². The van der Waals surface area contributed by atoms with Gasteiger partial charge in [-0.25, -0.2) is 9.97 Å². The maximum absolute atomic E-state index is 12.9. The molecule has 2 amide bonds. The second-order valence-corrected chi connectivity index (χ2v) is 11.1. The number of anilines is 1. The number of ether oxygens (including phenoxy) is 1. The molecule has 10 heteroatoms. The Morgan fingerprint density at radius 3 is 2.60 bits per heavy atom. The summed E-state index contributed by atoms with van der Waals surface area (Å²) in [6.07, 6.45) is 9.62. The van der Waals surface area contributed by atoms with Gasteiger partial charge in [0.15, 0.2) is 5.65 Å². The highest BCUT2D eigenvalue weighted by molar-refractivity contribution is 6.40. The number of carbonyl (C=O) groups excluding carboxylic acids is 2. The summed E-state index contributed by atoms with van der Waals surface area (Å²) in [6, 6.07) is 2.08. The standard InChI is InChI=1S/C25H30N6O4/c32-23(28-16-2-5-35-6-3-16)24(33)29-22-18-12-27-21-17(1-4-26-21)20(18)31(30-22)19-14-7-13-8-15(19)11-25(34,9-13)10-14/h1,4,12-16,19,30,34H,2-3,5-11H2,(H,28,32)(H,29,33)/t13?,14-,15+,19?,25?. The first kappa shape index (κ1) is 21.3. The van der Waals surface area contributed by atoms with Gasteiger partial charge in [0.05, 0.1) is 22.5 Å². The average Bonchev–Trinajstić information content (AvgIpc) is 3.43. The zero-order valence-corrected chi connectivity index (χ0v) is 19.5. The maximum Gasteiger partial charge on any atom is 0.314 e. The first-order valence-electron chi connectivity index (χ1n) is 12.7. The second kappa shape index (κ2) is 7.76. The lowest BCUT2D eigenvalue weighted by Gasteiger charge is -2.58. The number of fused-ring (bicyclic) bond motifs is 3. The van der Waals surface area contributed by atoms with Crippen molar-refractivity contribution in [1.82, 2.24) is 25.1 Å². The Morgan fingerprint density at radius 2 is 1.86 bits per heavy atom. The molecule has 0 aromatic carbocycles. The van der Waals surface area contributed by atoms with Crippen LogP contribution in [0.2, 0.25) is 0 Å². The maximum atomic E-state index is 12.9. The summed E-state index contributed by atoms with van der Waals surface area (Å²) >= 11 is 0. The van der Waals surface area contributed by atoms with Crippen molar-refractivity contribution < 1.29 is 19.4 Å². The summed E-state index contributed by atoms with van der Waals surface area (Å²) < 4.78 is 7.50. The van der Waals surface area contributed by atoms with E-state index in [2.05, 4.69) is 30.4 Å². The molecule has 184 valence electrons. The van der Waals surface area contributed by atoms with Gasteiger partial charge in [0.2, 0.25) is 0 Å². The Labute approximate surface area is 201 Å². The molecular formula is C25H30N6O4. The summed E-state index contributed by atoms with van der Waals surface area (Å²) in [4.78, 5) is 34.4. The Bertz CT molecular complexity index is 1310. The fourth-order valence-corrected chi connectivity index (χ4v) is 7.58. The van der Waals surface area contributed by atoms with Crippen molar-refractivity contribution in [2.24, 2.45) is 17.8 Å². The molecule has 3 aromatic heterocycles. The third kappa shape index (κ3) is 3.45. The minimum Gasteiger partial charge on any atom is -0.390 e. The molecule has 5 aliphatic rings. The third-order valence-electron chi connectivity index (χ3n) is 8.74. The van der Waals surface area contributed by atoms with E-state index >= 15 is 0 Å². The van der Waals surface area contributed by atoms with Crippen LogP contribution in [0.15, 0.2) is 18.5 Å². The molecule has 8 rings (SSSR count). The fourth-order valence-electron chi connectivity index (χ4n) is 7.58. The summed E-state index contributed by atoms with van der Waals surface area (Å²) in [6.45, 7) is 1.17. The highest BCUT2D eigenvalue weighted by atomic mass is 16.5. The van der Waals surface area contributed by atoms with Crippen LogP contribution in [-0.2, 0) is 14.3 Å². The second-order valence-electron chi connectivity index (χ2n) is 11.1. The SMILES string of the molecule is O=C(Nc1[nH]n(C2[C@@H]3CC4C[C@H]2CC(O)(C4)C3)c2c1cnc1nccc12)C(=O)NC1CCOCC1. The fraction of sp³-hybridized carbons (Fsp3) is 0.600. The molecule has 0 radical (unpaired) electrons. The lowest BCUT2D eigenvalue weighted by molar-refractivity contribution is -0.148. The zero-order chi connectivity index (χ0) is 23.7. The van der Waals surface area contributed by atoms with Crippen molar-refractivity contribution in [3.63, 3.8) is 0 Å².